The Balaban J connectivity index is 2.37. The van der Waals surface area contributed by atoms with Crippen LogP contribution in [0.1, 0.15) is 10.4 Å². The number of rotatable bonds is 3. The summed E-state index contributed by atoms with van der Waals surface area (Å²) < 4.78 is 0. The number of primary amides is 1. The molecule has 0 radical (unpaired) electrons. The maximum Gasteiger partial charge on any atom is 0.321 e. The van der Waals surface area contributed by atoms with E-state index in [9.17, 15) is 4.79 Å². The number of benzene rings is 1. The molecule has 8 nitrogen and oxygen atoms in total. The molecule has 18 heavy (non-hydrogen) atoms. The highest BCUT2D eigenvalue weighted by Crippen LogP contribution is 2.19. The Morgan fingerprint density at radius 3 is 2.33 bits per heavy atom. The minimum Gasteiger partial charge on any atom is -0.479 e. The number of amides is 1. The van der Waals surface area contributed by atoms with E-state index in [1.54, 1.807) is 18.2 Å². The first-order valence-electron chi connectivity index (χ1n) is 4.86. The highest BCUT2D eigenvalue weighted by Gasteiger charge is 2.10. The molecule has 0 unspecified atom stereocenters. The molecule has 5 N–H and O–H groups in total. The molecule has 1 amide bonds. The molecule has 0 atom stereocenters. The number of anilines is 2. The summed E-state index contributed by atoms with van der Waals surface area (Å²) >= 11 is 0. The van der Waals surface area contributed by atoms with Gasteiger partial charge in [0, 0.05) is 0 Å². The predicted molar refractivity (Wildman–Crippen MR) is 61.4 cm³/mol. The maximum atomic E-state index is 11.2. The molecule has 0 aliphatic rings. The first-order valence-corrected chi connectivity index (χ1v) is 4.86. The zero-order valence-corrected chi connectivity index (χ0v) is 9.03. The van der Waals surface area contributed by atoms with E-state index in [1.807, 2.05) is 0 Å². The number of hydrogen-bond donors (Lipinski definition) is 4. The number of aromatic hydroxyl groups is 2. The molecule has 1 aromatic carbocycles. The number of carbonyl (C=O) groups is 1. The zero-order chi connectivity index (χ0) is 13.1. The lowest BCUT2D eigenvalue weighted by Crippen LogP contribution is -2.13. The second-order valence-electron chi connectivity index (χ2n) is 3.29. The third-order valence-corrected chi connectivity index (χ3v) is 2.05. The van der Waals surface area contributed by atoms with Gasteiger partial charge in [-0.15, -0.1) is 4.98 Å². The van der Waals surface area contributed by atoms with Crippen LogP contribution in [0.3, 0.4) is 0 Å². The van der Waals surface area contributed by atoms with Gasteiger partial charge in [-0.25, -0.2) is 0 Å². The molecule has 2 aromatic rings. The fourth-order valence-corrected chi connectivity index (χ4v) is 1.34. The Morgan fingerprint density at radius 2 is 1.72 bits per heavy atom. The quantitative estimate of drug-likeness (QED) is 0.605. The lowest BCUT2D eigenvalue weighted by molar-refractivity contribution is 0.100. The van der Waals surface area contributed by atoms with Gasteiger partial charge < -0.3 is 21.3 Å². The molecule has 0 spiro atoms. The van der Waals surface area contributed by atoms with Gasteiger partial charge in [-0.3, -0.25) is 4.79 Å². The largest absolute Gasteiger partial charge is 0.479 e. The van der Waals surface area contributed by atoms with Crippen LogP contribution in [0.2, 0.25) is 0 Å². The Bertz CT molecular complexity index is 582. The molecule has 0 aliphatic heterocycles. The highest BCUT2D eigenvalue weighted by atomic mass is 16.3. The number of carbonyl (C=O) groups excluding carboxylic acids is 1. The molecule has 1 heterocycles. The van der Waals surface area contributed by atoms with Crippen molar-refractivity contribution in [3.63, 3.8) is 0 Å². The molecule has 0 saturated carbocycles. The van der Waals surface area contributed by atoms with Crippen LogP contribution in [-0.4, -0.2) is 31.1 Å². The standard InChI is InChI=1S/C10H9N5O3/c11-7(16)5-3-1-2-4-6(5)12-8-13-9(17)15-10(18)14-8/h1-4H,(H2,11,16)(H3,12,13,14,15,17,18). The number of nitrogens with zero attached hydrogens (tertiary/aromatic N) is 3. The molecule has 92 valence electrons. The number of aromatic nitrogens is 3. The summed E-state index contributed by atoms with van der Waals surface area (Å²) in [6, 6.07) is 5.15. The van der Waals surface area contributed by atoms with Crippen LogP contribution < -0.4 is 11.1 Å². The van der Waals surface area contributed by atoms with E-state index in [0.29, 0.717) is 5.69 Å². The first-order chi connectivity index (χ1) is 8.56. The van der Waals surface area contributed by atoms with Crippen LogP contribution in [0.5, 0.6) is 12.0 Å². The lowest BCUT2D eigenvalue weighted by atomic mass is 10.1. The van der Waals surface area contributed by atoms with E-state index in [0.717, 1.165) is 0 Å². The summed E-state index contributed by atoms with van der Waals surface area (Å²) in [5.74, 6) is -0.728. The minimum absolute atomic E-state index is 0.103. The number of para-hydroxylation sites is 1. The second-order valence-corrected chi connectivity index (χ2v) is 3.29. The van der Waals surface area contributed by atoms with E-state index >= 15 is 0 Å². The molecule has 0 aliphatic carbocycles. The fourth-order valence-electron chi connectivity index (χ4n) is 1.34. The van der Waals surface area contributed by atoms with E-state index in [2.05, 4.69) is 20.3 Å². The summed E-state index contributed by atoms with van der Waals surface area (Å²) in [7, 11) is 0. The van der Waals surface area contributed by atoms with Crippen molar-refractivity contribution in [1.82, 2.24) is 15.0 Å². The van der Waals surface area contributed by atoms with Crippen LogP contribution in [0.4, 0.5) is 11.6 Å². The summed E-state index contributed by atoms with van der Waals surface area (Å²) in [5, 5.41) is 20.8. The average Bonchev–Trinajstić information content (AvgIpc) is 2.27. The third-order valence-electron chi connectivity index (χ3n) is 2.05. The van der Waals surface area contributed by atoms with Crippen LogP contribution in [0.15, 0.2) is 24.3 Å². The van der Waals surface area contributed by atoms with Gasteiger partial charge in [0.2, 0.25) is 5.95 Å². The van der Waals surface area contributed by atoms with Crippen LogP contribution in [0.25, 0.3) is 0 Å². The summed E-state index contributed by atoms with van der Waals surface area (Å²) in [4.78, 5) is 21.4. The fraction of sp³-hybridized carbons (Fsp3) is 0. The van der Waals surface area contributed by atoms with Gasteiger partial charge in [0.1, 0.15) is 0 Å². The zero-order valence-electron chi connectivity index (χ0n) is 9.03. The van der Waals surface area contributed by atoms with Crippen molar-refractivity contribution < 1.29 is 15.0 Å². The Hall–Kier alpha value is -2.90. The maximum absolute atomic E-state index is 11.2. The van der Waals surface area contributed by atoms with Gasteiger partial charge in [0.15, 0.2) is 0 Å². The third kappa shape index (κ3) is 2.43. The highest BCUT2D eigenvalue weighted by molar-refractivity contribution is 5.98. The Morgan fingerprint density at radius 1 is 1.11 bits per heavy atom. The van der Waals surface area contributed by atoms with Crippen LogP contribution in [-0.2, 0) is 0 Å². The molecule has 1 aromatic heterocycles. The lowest BCUT2D eigenvalue weighted by Gasteiger charge is -2.08. The van der Waals surface area contributed by atoms with E-state index in [4.69, 9.17) is 15.9 Å². The summed E-state index contributed by atoms with van der Waals surface area (Å²) in [5.41, 5.74) is 5.79. The van der Waals surface area contributed by atoms with Crippen molar-refractivity contribution in [2.24, 2.45) is 5.73 Å². The SMILES string of the molecule is NC(=O)c1ccccc1Nc1nc(O)nc(O)n1. The molecule has 0 fully saturated rings. The average molecular weight is 247 g/mol. The van der Waals surface area contributed by atoms with Gasteiger partial charge >= 0.3 is 12.0 Å². The molecule has 0 saturated heterocycles. The molecular formula is C10H9N5O3. The Labute approximate surface area is 101 Å². The first kappa shape index (κ1) is 11.6. The number of nitrogens with one attached hydrogen (secondary N) is 1. The van der Waals surface area contributed by atoms with Gasteiger partial charge in [-0.2, -0.15) is 9.97 Å². The molecular weight excluding hydrogens is 238 g/mol. The normalized spacial score (nSPS) is 10.0. The summed E-state index contributed by atoms with van der Waals surface area (Å²) in [6.07, 6.45) is 0. The van der Waals surface area contributed by atoms with Crippen molar-refractivity contribution in [2.45, 2.75) is 0 Å². The van der Waals surface area contributed by atoms with Crippen molar-refractivity contribution in [2.75, 3.05) is 5.32 Å². The minimum atomic E-state index is -0.637. The Kier molecular flexibility index (Phi) is 2.92. The predicted octanol–water partition coefficient (Wildman–Crippen LogP) is 0.125. The van der Waals surface area contributed by atoms with Gasteiger partial charge in [-0.1, -0.05) is 12.1 Å². The van der Waals surface area contributed by atoms with E-state index in [1.165, 1.54) is 6.07 Å². The molecule has 0 bridgehead atoms. The van der Waals surface area contributed by atoms with Gasteiger partial charge in [-0.05, 0) is 12.1 Å². The van der Waals surface area contributed by atoms with Crippen molar-refractivity contribution in [3.8, 4) is 12.0 Å². The number of nitrogens with two attached hydrogens (primary N) is 1. The molecule has 8 heteroatoms. The number of hydrogen-bond acceptors (Lipinski definition) is 7. The summed E-state index contributed by atoms with van der Waals surface area (Å²) in [6.45, 7) is 0. The second kappa shape index (κ2) is 4.53. The van der Waals surface area contributed by atoms with Crippen LogP contribution in [0, 0.1) is 0 Å². The van der Waals surface area contributed by atoms with E-state index < -0.39 is 17.9 Å². The van der Waals surface area contributed by atoms with E-state index in [-0.39, 0.29) is 11.5 Å². The van der Waals surface area contributed by atoms with Crippen molar-refractivity contribution in [3.05, 3.63) is 29.8 Å². The molecule has 2 rings (SSSR count). The smallest absolute Gasteiger partial charge is 0.321 e. The monoisotopic (exact) mass is 247 g/mol. The topological polar surface area (TPSA) is 134 Å². The van der Waals surface area contributed by atoms with Crippen LogP contribution >= 0.6 is 0 Å². The van der Waals surface area contributed by atoms with Crippen molar-refractivity contribution >= 4 is 17.5 Å². The van der Waals surface area contributed by atoms with Gasteiger partial charge in [0.25, 0.3) is 5.91 Å². The van der Waals surface area contributed by atoms with Gasteiger partial charge in [0.05, 0.1) is 11.3 Å². The van der Waals surface area contributed by atoms with Crippen molar-refractivity contribution in [1.29, 1.82) is 0 Å².